The Hall–Kier alpha value is -1.80. The summed E-state index contributed by atoms with van der Waals surface area (Å²) in [5.41, 5.74) is -7.45. The highest BCUT2D eigenvalue weighted by atomic mass is 19.4. The van der Waals surface area contributed by atoms with Crippen molar-refractivity contribution in [3.63, 3.8) is 0 Å². The number of halogens is 7. The molecule has 9 heteroatoms. The van der Waals surface area contributed by atoms with Crippen LogP contribution < -0.4 is 0 Å². The van der Waals surface area contributed by atoms with E-state index < -0.39 is 29.6 Å². The third kappa shape index (κ3) is 3.11. The summed E-state index contributed by atoms with van der Waals surface area (Å²) in [6, 6.07) is 1.79. The first-order valence-corrected chi connectivity index (χ1v) is 5.55. The van der Waals surface area contributed by atoms with E-state index in [1.807, 2.05) is 0 Å². The topological polar surface area (TPSA) is 26.3 Å². The molecule has 1 aromatic rings. The summed E-state index contributed by atoms with van der Waals surface area (Å²) in [5, 5.41) is 0. The number of ether oxygens (including phenoxy) is 1. The monoisotopic (exact) mass is 318 g/mol. The van der Waals surface area contributed by atoms with Crippen molar-refractivity contribution in [1.82, 2.24) is 0 Å². The smallest absolute Gasteiger partial charge is 0.435 e. The second-order valence-electron chi connectivity index (χ2n) is 3.95. The molecular formula is C12H9F7O2. The Morgan fingerprint density at radius 3 is 1.71 bits per heavy atom. The Balaban J connectivity index is 3.27. The molecule has 0 saturated carbocycles. The molecule has 0 heterocycles. The standard InChI is InChI=1S/C12H9F7O2/c1-2-21-9(20)7-3-5-8(6-4-7)10(13,11(14,15)16)12(17,18)19/h3-6H,2H2,1H3. The Bertz CT molecular complexity index is 488. The number of hydrogen-bond donors (Lipinski definition) is 0. The number of benzene rings is 1. The Morgan fingerprint density at radius 1 is 0.952 bits per heavy atom. The van der Waals surface area contributed by atoms with Crippen LogP contribution in [0.15, 0.2) is 24.3 Å². The van der Waals surface area contributed by atoms with Gasteiger partial charge in [0.15, 0.2) is 0 Å². The predicted octanol–water partition coefficient (Wildman–Crippen LogP) is 4.15. The van der Waals surface area contributed by atoms with E-state index in [0.29, 0.717) is 12.1 Å². The summed E-state index contributed by atoms with van der Waals surface area (Å²) in [5.74, 6) is -0.937. The third-order valence-electron chi connectivity index (χ3n) is 2.58. The van der Waals surface area contributed by atoms with Crippen molar-refractivity contribution in [2.45, 2.75) is 24.9 Å². The highest BCUT2D eigenvalue weighted by Crippen LogP contribution is 2.53. The molecule has 0 spiro atoms. The van der Waals surface area contributed by atoms with Crippen LogP contribution in [-0.2, 0) is 10.4 Å². The molecule has 0 saturated heterocycles. The van der Waals surface area contributed by atoms with Crippen LogP contribution >= 0.6 is 0 Å². The Morgan fingerprint density at radius 2 is 1.38 bits per heavy atom. The lowest BCUT2D eigenvalue weighted by atomic mass is 9.93. The maximum Gasteiger partial charge on any atom is 0.435 e. The first-order chi connectivity index (χ1) is 9.45. The van der Waals surface area contributed by atoms with Gasteiger partial charge in [-0.3, -0.25) is 0 Å². The number of rotatable bonds is 3. The molecule has 2 nitrogen and oxygen atoms in total. The van der Waals surface area contributed by atoms with Gasteiger partial charge in [0, 0.05) is 5.56 Å². The Labute approximate surface area is 114 Å². The van der Waals surface area contributed by atoms with E-state index in [2.05, 4.69) is 4.74 Å². The molecule has 0 fully saturated rings. The van der Waals surface area contributed by atoms with Crippen LogP contribution in [0.25, 0.3) is 0 Å². The zero-order valence-corrected chi connectivity index (χ0v) is 10.5. The number of carbonyl (C=O) groups excluding carboxylic acids is 1. The molecule has 1 aromatic carbocycles. The van der Waals surface area contributed by atoms with E-state index in [0.717, 1.165) is 0 Å². The summed E-state index contributed by atoms with van der Waals surface area (Å²) in [6.07, 6.45) is -12.4. The molecule has 0 aromatic heterocycles. The molecule has 0 N–H and O–H groups in total. The van der Waals surface area contributed by atoms with Crippen molar-refractivity contribution in [2.24, 2.45) is 0 Å². The maximum absolute atomic E-state index is 13.7. The first kappa shape index (κ1) is 17.3. The number of hydrogen-bond acceptors (Lipinski definition) is 2. The molecule has 0 aliphatic heterocycles. The van der Waals surface area contributed by atoms with Crippen LogP contribution in [-0.4, -0.2) is 24.9 Å². The van der Waals surface area contributed by atoms with E-state index in [1.165, 1.54) is 6.92 Å². The summed E-state index contributed by atoms with van der Waals surface area (Å²) in [6.45, 7) is 1.44. The predicted molar refractivity (Wildman–Crippen MR) is 57.3 cm³/mol. The van der Waals surface area contributed by atoms with Gasteiger partial charge in [-0.2, -0.15) is 26.3 Å². The van der Waals surface area contributed by atoms with Gasteiger partial charge in [0.05, 0.1) is 12.2 Å². The van der Waals surface area contributed by atoms with Crippen molar-refractivity contribution in [2.75, 3.05) is 6.61 Å². The van der Waals surface area contributed by atoms with Crippen LogP contribution in [0.5, 0.6) is 0 Å². The molecule has 0 amide bonds. The highest BCUT2D eigenvalue weighted by molar-refractivity contribution is 5.89. The molecule has 0 aliphatic carbocycles. The molecule has 0 unspecified atom stereocenters. The second kappa shape index (κ2) is 5.53. The fourth-order valence-electron chi connectivity index (χ4n) is 1.54. The minimum Gasteiger partial charge on any atom is -0.462 e. The summed E-state index contributed by atoms with van der Waals surface area (Å²) in [7, 11) is 0. The highest BCUT2D eigenvalue weighted by Gasteiger charge is 2.73. The van der Waals surface area contributed by atoms with E-state index in [1.54, 1.807) is 0 Å². The van der Waals surface area contributed by atoms with E-state index in [4.69, 9.17) is 0 Å². The zero-order valence-electron chi connectivity index (χ0n) is 10.5. The lowest BCUT2D eigenvalue weighted by molar-refractivity contribution is -0.348. The van der Waals surface area contributed by atoms with Gasteiger partial charge in [-0.15, -0.1) is 0 Å². The van der Waals surface area contributed by atoms with Crippen molar-refractivity contribution in [1.29, 1.82) is 0 Å². The number of carbonyl (C=O) groups is 1. The molecule has 0 atom stereocenters. The van der Waals surface area contributed by atoms with Crippen molar-refractivity contribution in [3.05, 3.63) is 35.4 Å². The van der Waals surface area contributed by atoms with Crippen LogP contribution in [0.4, 0.5) is 30.7 Å². The maximum atomic E-state index is 13.7. The van der Waals surface area contributed by atoms with Crippen LogP contribution in [0, 0.1) is 0 Å². The van der Waals surface area contributed by atoms with Gasteiger partial charge < -0.3 is 4.74 Å². The van der Waals surface area contributed by atoms with Gasteiger partial charge >= 0.3 is 24.0 Å². The van der Waals surface area contributed by atoms with Crippen LogP contribution in [0.2, 0.25) is 0 Å². The van der Waals surface area contributed by atoms with Gasteiger partial charge in [-0.1, -0.05) is 12.1 Å². The van der Waals surface area contributed by atoms with Gasteiger partial charge in [0.1, 0.15) is 0 Å². The molecule has 0 aliphatic rings. The Kier molecular flexibility index (Phi) is 4.54. The van der Waals surface area contributed by atoms with Gasteiger partial charge in [0.25, 0.3) is 0 Å². The molecule has 118 valence electrons. The molecule has 1 rings (SSSR count). The molecule has 21 heavy (non-hydrogen) atoms. The zero-order chi connectivity index (χ0) is 16.5. The van der Waals surface area contributed by atoms with Crippen molar-refractivity contribution < 1.29 is 40.3 Å². The minimum absolute atomic E-state index is 0.0290. The summed E-state index contributed by atoms with van der Waals surface area (Å²) >= 11 is 0. The molecule has 0 bridgehead atoms. The van der Waals surface area contributed by atoms with Gasteiger partial charge in [0.2, 0.25) is 0 Å². The molecule has 0 radical (unpaired) electrons. The van der Waals surface area contributed by atoms with Gasteiger partial charge in [-0.25, -0.2) is 9.18 Å². The van der Waals surface area contributed by atoms with E-state index >= 15 is 0 Å². The SMILES string of the molecule is CCOC(=O)c1ccc(C(F)(C(F)(F)F)C(F)(F)F)cc1. The summed E-state index contributed by atoms with van der Waals surface area (Å²) < 4.78 is 93.0. The number of esters is 1. The summed E-state index contributed by atoms with van der Waals surface area (Å²) in [4.78, 5) is 11.2. The van der Waals surface area contributed by atoms with Crippen LogP contribution in [0.3, 0.4) is 0 Å². The minimum atomic E-state index is -6.18. The van der Waals surface area contributed by atoms with E-state index in [-0.39, 0.29) is 24.3 Å². The first-order valence-electron chi connectivity index (χ1n) is 5.55. The van der Waals surface area contributed by atoms with Crippen molar-refractivity contribution >= 4 is 5.97 Å². The normalized spacial score (nSPS) is 13.1. The van der Waals surface area contributed by atoms with Crippen molar-refractivity contribution in [3.8, 4) is 0 Å². The number of alkyl halides is 7. The average Bonchev–Trinajstić information content (AvgIpc) is 2.35. The molecular weight excluding hydrogens is 309 g/mol. The average molecular weight is 318 g/mol. The van der Waals surface area contributed by atoms with Gasteiger partial charge in [-0.05, 0) is 19.1 Å². The van der Waals surface area contributed by atoms with E-state index in [9.17, 15) is 35.5 Å². The van der Waals surface area contributed by atoms with Crippen LogP contribution in [0.1, 0.15) is 22.8 Å². The fraction of sp³-hybridized carbons (Fsp3) is 0.417. The third-order valence-corrected chi connectivity index (χ3v) is 2.58. The lowest BCUT2D eigenvalue weighted by Crippen LogP contribution is -2.50. The quantitative estimate of drug-likeness (QED) is 0.618. The second-order valence-corrected chi connectivity index (χ2v) is 3.95. The lowest BCUT2D eigenvalue weighted by Gasteiger charge is -2.30. The fourth-order valence-corrected chi connectivity index (χ4v) is 1.54. The largest absolute Gasteiger partial charge is 0.462 e.